The topological polar surface area (TPSA) is 29.1 Å². The van der Waals surface area contributed by atoms with E-state index in [9.17, 15) is 18.0 Å². The van der Waals surface area contributed by atoms with Crippen LogP contribution in [-0.2, 0) is 11.0 Å². The maximum Gasteiger partial charge on any atom is 0.416 e. The first-order valence-corrected chi connectivity index (χ1v) is 5.32. The van der Waals surface area contributed by atoms with Gasteiger partial charge in [-0.2, -0.15) is 13.2 Å². The summed E-state index contributed by atoms with van der Waals surface area (Å²) in [5.74, 6) is -0.749. The SMILES string of the molecule is CC(C)C1C(=O)Nc2ccc(C(F)(F)F)cc21. The monoisotopic (exact) mass is 243 g/mol. The molecule has 17 heavy (non-hydrogen) atoms. The Morgan fingerprint density at radius 3 is 2.47 bits per heavy atom. The molecule has 0 saturated heterocycles. The molecule has 1 aromatic carbocycles. The second-order valence-electron chi connectivity index (χ2n) is 4.51. The van der Waals surface area contributed by atoms with Crippen molar-refractivity contribution in [1.82, 2.24) is 0 Å². The van der Waals surface area contributed by atoms with E-state index >= 15 is 0 Å². The third-order valence-corrected chi connectivity index (χ3v) is 2.92. The van der Waals surface area contributed by atoms with Gasteiger partial charge in [-0.15, -0.1) is 0 Å². The van der Waals surface area contributed by atoms with Crippen molar-refractivity contribution in [2.75, 3.05) is 5.32 Å². The number of rotatable bonds is 1. The molecule has 0 aliphatic carbocycles. The van der Waals surface area contributed by atoms with Gasteiger partial charge in [0.15, 0.2) is 0 Å². The number of hydrogen-bond acceptors (Lipinski definition) is 1. The predicted octanol–water partition coefficient (Wildman–Crippen LogP) is 3.40. The van der Waals surface area contributed by atoms with Crippen molar-refractivity contribution >= 4 is 11.6 Å². The van der Waals surface area contributed by atoms with Crippen LogP contribution in [0, 0.1) is 5.92 Å². The lowest BCUT2D eigenvalue weighted by molar-refractivity contribution is -0.137. The Morgan fingerprint density at radius 1 is 1.29 bits per heavy atom. The molecule has 2 rings (SSSR count). The minimum absolute atomic E-state index is 0.0280. The number of anilines is 1. The van der Waals surface area contributed by atoms with E-state index in [1.54, 1.807) is 0 Å². The molecule has 0 spiro atoms. The fraction of sp³-hybridized carbons (Fsp3) is 0.417. The standard InChI is InChI=1S/C12H12F3NO/c1-6(2)10-8-5-7(12(13,14)15)3-4-9(8)16-11(10)17/h3-6,10H,1-2H3,(H,16,17). The molecule has 1 aromatic rings. The molecule has 1 aliphatic rings. The molecule has 1 atom stereocenters. The molecule has 1 aliphatic heterocycles. The summed E-state index contributed by atoms with van der Waals surface area (Å²) in [6, 6.07) is 3.37. The van der Waals surface area contributed by atoms with Gasteiger partial charge >= 0.3 is 6.18 Å². The molecule has 2 nitrogen and oxygen atoms in total. The average Bonchev–Trinajstić information content (AvgIpc) is 2.50. The van der Waals surface area contributed by atoms with Crippen LogP contribution in [0.5, 0.6) is 0 Å². The van der Waals surface area contributed by atoms with Crippen LogP contribution in [-0.4, -0.2) is 5.91 Å². The highest BCUT2D eigenvalue weighted by atomic mass is 19.4. The fourth-order valence-electron chi connectivity index (χ4n) is 2.12. The van der Waals surface area contributed by atoms with Gasteiger partial charge in [-0.3, -0.25) is 4.79 Å². The van der Waals surface area contributed by atoms with Crippen LogP contribution >= 0.6 is 0 Å². The smallest absolute Gasteiger partial charge is 0.325 e. The molecule has 0 radical (unpaired) electrons. The van der Waals surface area contributed by atoms with Gasteiger partial charge in [0.2, 0.25) is 5.91 Å². The van der Waals surface area contributed by atoms with E-state index < -0.39 is 17.7 Å². The molecule has 1 unspecified atom stereocenters. The van der Waals surface area contributed by atoms with Crippen LogP contribution in [0.4, 0.5) is 18.9 Å². The molecule has 0 bridgehead atoms. The van der Waals surface area contributed by atoms with Gasteiger partial charge in [0.25, 0.3) is 0 Å². The number of benzene rings is 1. The van der Waals surface area contributed by atoms with E-state index in [0.29, 0.717) is 11.3 Å². The zero-order valence-corrected chi connectivity index (χ0v) is 9.43. The van der Waals surface area contributed by atoms with Crippen molar-refractivity contribution in [2.45, 2.75) is 25.9 Å². The molecule has 1 amide bonds. The Kier molecular flexibility index (Phi) is 2.64. The zero-order chi connectivity index (χ0) is 12.8. The molecule has 92 valence electrons. The van der Waals surface area contributed by atoms with Gasteiger partial charge in [0.05, 0.1) is 11.5 Å². The number of nitrogens with one attached hydrogen (secondary N) is 1. The first kappa shape index (κ1) is 12.0. The lowest BCUT2D eigenvalue weighted by Gasteiger charge is -2.14. The molecule has 0 fully saturated rings. The number of carbonyl (C=O) groups is 1. The van der Waals surface area contributed by atoms with Crippen molar-refractivity contribution in [3.05, 3.63) is 29.3 Å². The number of carbonyl (C=O) groups excluding carboxylic acids is 1. The summed E-state index contributed by atoms with van der Waals surface area (Å²) in [7, 11) is 0. The van der Waals surface area contributed by atoms with Crippen molar-refractivity contribution in [3.8, 4) is 0 Å². The van der Waals surface area contributed by atoms with Crippen LogP contribution in [0.15, 0.2) is 18.2 Å². The van der Waals surface area contributed by atoms with E-state index in [1.807, 2.05) is 13.8 Å². The maximum absolute atomic E-state index is 12.6. The van der Waals surface area contributed by atoms with Crippen molar-refractivity contribution in [2.24, 2.45) is 5.92 Å². The number of halogens is 3. The average molecular weight is 243 g/mol. The second-order valence-corrected chi connectivity index (χ2v) is 4.51. The van der Waals surface area contributed by atoms with Crippen LogP contribution in [0.3, 0.4) is 0 Å². The summed E-state index contributed by atoms with van der Waals surface area (Å²) in [5.41, 5.74) is 0.222. The lowest BCUT2D eigenvalue weighted by Crippen LogP contribution is -2.17. The quantitative estimate of drug-likeness (QED) is 0.804. The van der Waals surface area contributed by atoms with Crippen molar-refractivity contribution in [1.29, 1.82) is 0 Å². The summed E-state index contributed by atoms with van der Waals surface area (Å²) >= 11 is 0. The third kappa shape index (κ3) is 2.01. The summed E-state index contributed by atoms with van der Waals surface area (Å²) in [4.78, 5) is 11.6. The van der Waals surface area contributed by atoms with Crippen LogP contribution in [0.1, 0.15) is 30.9 Å². The minimum Gasteiger partial charge on any atom is -0.325 e. The Morgan fingerprint density at radius 2 is 1.94 bits per heavy atom. The molecule has 0 aromatic heterocycles. The third-order valence-electron chi connectivity index (χ3n) is 2.92. The largest absolute Gasteiger partial charge is 0.416 e. The van der Waals surface area contributed by atoms with E-state index in [4.69, 9.17) is 0 Å². The van der Waals surface area contributed by atoms with E-state index in [1.165, 1.54) is 6.07 Å². The first-order chi connectivity index (χ1) is 7.80. The van der Waals surface area contributed by atoms with Gasteiger partial charge in [-0.25, -0.2) is 0 Å². The Hall–Kier alpha value is -1.52. The van der Waals surface area contributed by atoms with Crippen LogP contribution < -0.4 is 5.32 Å². The maximum atomic E-state index is 12.6. The van der Waals surface area contributed by atoms with Crippen molar-refractivity contribution < 1.29 is 18.0 Å². The summed E-state index contributed by atoms with van der Waals surface area (Å²) < 4.78 is 37.7. The highest BCUT2D eigenvalue weighted by Crippen LogP contribution is 2.40. The van der Waals surface area contributed by atoms with Gasteiger partial charge < -0.3 is 5.32 Å². The molecular formula is C12H12F3NO. The van der Waals surface area contributed by atoms with E-state index in [0.717, 1.165) is 12.1 Å². The van der Waals surface area contributed by atoms with Gasteiger partial charge in [0, 0.05) is 5.69 Å². The second kappa shape index (κ2) is 3.75. The summed E-state index contributed by atoms with van der Waals surface area (Å²) in [6.45, 7) is 3.64. The molecule has 0 saturated carbocycles. The molecule has 1 heterocycles. The normalized spacial score (nSPS) is 19.4. The predicted molar refractivity (Wildman–Crippen MR) is 57.7 cm³/mol. The zero-order valence-electron chi connectivity index (χ0n) is 9.43. The Bertz CT molecular complexity index is 465. The van der Waals surface area contributed by atoms with Crippen LogP contribution in [0.25, 0.3) is 0 Å². The summed E-state index contributed by atoms with van der Waals surface area (Å²) in [5, 5.41) is 2.60. The van der Waals surface area contributed by atoms with E-state index in [2.05, 4.69) is 5.32 Å². The summed E-state index contributed by atoms with van der Waals surface area (Å²) in [6.07, 6.45) is -4.37. The highest BCUT2D eigenvalue weighted by Gasteiger charge is 2.37. The van der Waals surface area contributed by atoms with Gasteiger partial charge in [-0.1, -0.05) is 13.8 Å². The minimum atomic E-state index is -4.37. The highest BCUT2D eigenvalue weighted by molar-refractivity contribution is 6.03. The molecule has 1 N–H and O–H groups in total. The van der Waals surface area contributed by atoms with Crippen molar-refractivity contribution in [3.63, 3.8) is 0 Å². The Labute approximate surface area is 96.8 Å². The fourth-order valence-corrected chi connectivity index (χ4v) is 2.12. The number of amides is 1. The molecule has 5 heteroatoms. The first-order valence-electron chi connectivity index (χ1n) is 5.32. The van der Waals surface area contributed by atoms with Gasteiger partial charge in [-0.05, 0) is 29.7 Å². The lowest BCUT2D eigenvalue weighted by atomic mass is 9.89. The van der Waals surface area contributed by atoms with Gasteiger partial charge in [0.1, 0.15) is 0 Å². The van der Waals surface area contributed by atoms with Crippen LogP contribution in [0.2, 0.25) is 0 Å². The Balaban J connectivity index is 2.49. The number of hydrogen-bond donors (Lipinski definition) is 1. The number of fused-ring (bicyclic) bond motifs is 1. The molecular weight excluding hydrogens is 231 g/mol. The number of alkyl halides is 3. The van der Waals surface area contributed by atoms with E-state index in [-0.39, 0.29) is 11.8 Å².